The van der Waals surface area contributed by atoms with Crippen molar-refractivity contribution < 1.29 is 13.9 Å². The second-order valence-electron chi connectivity index (χ2n) is 4.20. The maximum absolute atomic E-state index is 13.4. The zero-order valence-corrected chi connectivity index (χ0v) is 11.0. The Kier molecular flexibility index (Phi) is 4.20. The number of para-hydroxylation sites is 2. The molecule has 2 rings (SSSR count). The van der Waals surface area contributed by atoms with Crippen molar-refractivity contribution >= 4 is 5.84 Å². The zero-order valence-electron chi connectivity index (χ0n) is 11.0. The molecule has 0 saturated heterocycles. The summed E-state index contributed by atoms with van der Waals surface area (Å²) in [5, 5.41) is 7.34. The average Bonchev–Trinajstić information content (AvgIpc) is 2.44. The van der Waals surface area contributed by atoms with Gasteiger partial charge in [0.25, 0.3) is 0 Å². The molecule has 0 fully saturated rings. The van der Waals surface area contributed by atoms with Crippen LogP contribution < -0.4 is 15.2 Å². The summed E-state index contributed by atoms with van der Waals surface area (Å²) in [4.78, 5) is 0. The van der Waals surface area contributed by atoms with Gasteiger partial charge in [-0.15, -0.1) is 0 Å². The summed E-state index contributed by atoms with van der Waals surface area (Å²) in [6.45, 7) is 0.165. The number of methoxy groups -OCH3 is 1. The summed E-state index contributed by atoms with van der Waals surface area (Å²) in [5.74, 6) is 0.554. The van der Waals surface area contributed by atoms with E-state index in [4.69, 9.17) is 20.6 Å². The Morgan fingerprint density at radius 1 is 1.20 bits per heavy atom. The van der Waals surface area contributed by atoms with E-state index in [1.54, 1.807) is 25.3 Å². The first-order chi connectivity index (χ1) is 9.60. The fourth-order valence-electron chi connectivity index (χ4n) is 1.79. The predicted molar refractivity (Wildman–Crippen MR) is 74.7 cm³/mol. The van der Waals surface area contributed by atoms with Crippen molar-refractivity contribution in [2.24, 2.45) is 5.73 Å². The third-order valence-electron chi connectivity index (χ3n) is 2.73. The minimum absolute atomic E-state index is 0.165. The van der Waals surface area contributed by atoms with E-state index in [0.717, 1.165) is 0 Å². The van der Waals surface area contributed by atoms with Crippen LogP contribution in [-0.4, -0.2) is 12.9 Å². The van der Waals surface area contributed by atoms with Crippen molar-refractivity contribution in [3.63, 3.8) is 0 Å². The van der Waals surface area contributed by atoms with Crippen LogP contribution in [0.4, 0.5) is 4.39 Å². The number of hydrogen-bond donors (Lipinski definition) is 2. The first-order valence-electron chi connectivity index (χ1n) is 6.00. The number of nitrogen functional groups attached to an aromatic ring is 1. The van der Waals surface area contributed by atoms with Gasteiger partial charge in [-0.2, -0.15) is 0 Å². The van der Waals surface area contributed by atoms with Crippen LogP contribution in [0, 0.1) is 11.2 Å². The highest BCUT2D eigenvalue weighted by atomic mass is 19.1. The first-order valence-corrected chi connectivity index (χ1v) is 6.00. The fraction of sp³-hybridized carbons (Fsp3) is 0.133. The first kappa shape index (κ1) is 13.9. The fourth-order valence-corrected chi connectivity index (χ4v) is 1.79. The molecule has 104 valence electrons. The summed E-state index contributed by atoms with van der Waals surface area (Å²) >= 11 is 0. The van der Waals surface area contributed by atoms with Crippen LogP contribution in [0.25, 0.3) is 0 Å². The van der Waals surface area contributed by atoms with Crippen molar-refractivity contribution in [2.75, 3.05) is 7.11 Å². The van der Waals surface area contributed by atoms with Crippen LogP contribution in [0.3, 0.4) is 0 Å². The molecule has 0 radical (unpaired) electrons. The van der Waals surface area contributed by atoms with Crippen molar-refractivity contribution in [3.8, 4) is 11.5 Å². The van der Waals surface area contributed by atoms with Crippen molar-refractivity contribution in [1.82, 2.24) is 0 Å². The topological polar surface area (TPSA) is 68.3 Å². The third-order valence-corrected chi connectivity index (χ3v) is 2.73. The molecule has 0 heterocycles. The van der Waals surface area contributed by atoms with E-state index in [-0.39, 0.29) is 12.4 Å². The lowest BCUT2D eigenvalue weighted by molar-refractivity contribution is 0.284. The van der Waals surface area contributed by atoms with Gasteiger partial charge in [0.15, 0.2) is 11.5 Å². The maximum atomic E-state index is 13.4. The van der Waals surface area contributed by atoms with Crippen LogP contribution in [0.2, 0.25) is 0 Å². The van der Waals surface area contributed by atoms with Gasteiger partial charge in [0.2, 0.25) is 0 Å². The summed E-state index contributed by atoms with van der Waals surface area (Å²) in [6, 6.07) is 11.4. The molecule has 0 saturated carbocycles. The molecule has 20 heavy (non-hydrogen) atoms. The summed E-state index contributed by atoms with van der Waals surface area (Å²) in [7, 11) is 1.55. The largest absolute Gasteiger partial charge is 0.493 e. The van der Waals surface area contributed by atoms with Crippen LogP contribution in [-0.2, 0) is 6.61 Å². The van der Waals surface area contributed by atoms with E-state index >= 15 is 0 Å². The molecule has 0 aliphatic carbocycles. The molecule has 0 spiro atoms. The van der Waals surface area contributed by atoms with Crippen molar-refractivity contribution in [1.29, 1.82) is 5.41 Å². The highest BCUT2D eigenvalue weighted by molar-refractivity contribution is 5.95. The third kappa shape index (κ3) is 3.26. The van der Waals surface area contributed by atoms with Gasteiger partial charge < -0.3 is 15.2 Å². The molecule has 0 bridgehead atoms. The number of nitrogens with two attached hydrogens (primary N) is 1. The Morgan fingerprint density at radius 3 is 2.55 bits per heavy atom. The lowest BCUT2D eigenvalue weighted by atomic mass is 10.1. The van der Waals surface area contributed by atoms with Crippen LogP contribution in [0.1, 0.15) is 11.1 Å². The summed E-state index contributed by atoms with van der Waals surface area (Å²) in [5.41, 5.74) is 6.30. The van der Waals surface area contributed by atoms with Gasteiger partial charge in [0, 0.05) is 5.56 Å². The molecule has 2 aromatic carbocycles. The molecule has 0 amide bonds. The van der Waals surface area contributed by atoms with Gasteiger partial charge in [-0.25, -0.2) is 4.39 Å². The van der Waals surface area contributed by atoms with Gasteiger partial charge in [-0.3, -0.25) is 5.41 Å². The molecular weight excluding hydrogens is 259 g/mol. The van der Waals surface area contributed by atoms with E-state index in [1.165, 1.54) is 12.1 Å². The molecule has 0 aromatic heterocycles. The second kappa shape index (κ2) is 6.06. The van der Waals surface area contributed by atoms with Gasteiger partial charge in [0.1, 0.15) is 18.3 Å². The number of halogens is 1. The van der Waals surface area contributed by atoms with Gasteiger partial charge >= 0.3 is 0 Å². The molecule has 0 unspecified atom stereocenters. The number of hydrogen-bond acceptors (Lipinski definition) is 3. The summed E-state index contributed by atoms with van der Waals surface area (Å²) in [6.07, 6.45) is 0. The minimum atomic E-state index is -0.448. The molecule has 5 heteroatoms. The number of nitrogens with one attached hydrogen (secondary N) is 1. The highest BCUT2D eigenvalue weighted by Gasteiger charge is 2.06. The van der Waals surface area contributed by atoms with E-state index < -0.39 is 5.82 Å². The smallest absolute Gasteiger partial charge is 0.161 e. The maximum Gasteiger partial charge on any atom is 0.161 e. The standard InChI is InChI=1S/C15H15FN2O2/c1-19-13-4-2-3-5-14(13)20-9-10-6-11(15(17)18)8-12(16)7-10/h2-8H,9H2,1H3,(H3,17,18). The molecule has 0 aliphatic rings. The lowest BCUT2D eigenvalue weighted by Gasteiger charge is -2.11. The molecule has 3 N–H and O–H groups in total. The Bertz CT molecular complexity index is 629. The number of amidine groups is 1. The van der Waals surface area contributed by atoms with Gasteiger partial charge in [-0.05, 0) is 35.9 Å². The summed E-state index contributed by atoms with van der Waals surface area (Å²) < 4.78 is 24.2. The van der Waals surface area contributed by atoms with E-state index in [9.17, 15) is 4.39 Å². The molecule has 0 aliphatic heterocycles. The Balaban J connectivity index is 2.16. The second-order valence-corrected chi connectivity index (χ2v) is 4.20. The Labute approximate surface area is 116 Å². The normalized spacial score (nSPS) is 10.1. The average molecular weight is 274 g/mol. The number of benzene rings is 2. The van der Waals surface area contributed by atoms with E-state index in [2.05, 4.69) is 0 Å². The van der Waals surface area contributed by atoms with Crippen LogP contribution in [0.15, 0.2) is 42.5 Å². The Morgan fingerprint density at radius 2 is 1.90 bits per heavy atom. The SMILES string of the molecule is COc1ccccc1OCc1cc(F)cc(C(=N)N)c1. The molecule has 0 atom stereocenters. The van der Waals surface area contributed by atoms with Crippen molar-refractivity contribution in [2.45, 2.75) is 6.61 Å². The highest BCUT2D eigenvalue weighted by Crippen LogP contribution is 2.26. The Hall–Kier alpha value is -2.56. The van der Waals surface area contributed by atoms with Gasteiger partial charge in [0.05, 0.1) is 7.11 Å². The molecule has 4 nitrogen and oxygen atoms in total. The minimum Gasteiger partial charge on any atom is -0.493 e. The predicted octanol–water partition coefficient (Wildman–Crippen LogP) is 2.70. The lowest BCUT2D eigenvalue weighted by Crippen LogP contribution is -2.12. The molecular formula is C15H15FN2O2. The van der Waals surface area contributed by atoms with Crippen LogP contribution >= 0.6 is 0 Å². The quantitative estimate of drug-likeness (QED) is 0.650. The molecule has 2 aromatic rings. The van der Waals surface area contributed by atoms with E-state index in [0.29, 0.717) is 22.6 Å². The van der Waals surface area contributed by atoms with E-state index in [1.807, 2.05) is 12.1 Å². The van der Waals surface area contributed by atoms with Gasteiger partial charge in [-0.1, -0.05) is 12.1 Å². The number of rotatable bonds is 5. The number of ether oxygens (including phenoxy) is 2. The van der Waals surface area contributed by atoms with Crippen molar-refractivity contribution in [3.05, 3.63) is 59.4 Å². The van der Waals surface area contributed by atoms with Crippen LogP contribution in [0.5, 0.6) is 11.5 Å². The zero-order chi connectivity index (χ0) is 14.5. The monoisotopic (exact) mass is 274 g/mol.